The number of hydrogen-bond acceptors (Lipinski definition) is 5. The van der Waals surface area contributed by atoms with Crippen molar-refractivity contribution in [1.82, 2.24) is 19.8 Å². The third-order valence-corrected chi connectivity index (χ3v) is 4.31. The Morgan fingerprint density at radius 2 is 2.19 bits per heavy atom. The number of hydrogen-bond donors (Lipinski definition) is 1. The van der Waals surface area contributed by atoms with E-state index in [4.69, 9.17) is 0 Å². The van der Waals surface area contributed by atoms with Gasteiger partial charge in [0.05, 0.1) is 23.6 Å². The highest BCUT2D eigenvalue weighted by Crippen LogP contribution is 2.31. The lowest BCUT2D eigenvalue weighted by atomic mass is 9.95. The molecule has 0 fully saturated rings. The molecule has 1 amide bonds. The average molecular weight is 351 g/mol. The highest BCUT2D eigenvalue weighted by Gasteiger charge is 2.31. The first-order valence-corrected chi connectivity index (χ1v) is 8.62. The predicted octanol–water partition coefficient (Wildman–Crippen LogP) is 1.68. The monoisotopic (exact) mass is 351 g/mol. The summed E-state index contributed by atoms with van der Waals surface area (Å²) in [6, 6.07) is 9.59. The van der Waals surface area contributed by atoms with Crippen molar-refractivity contribution in [3.63, 3.8) is 0 Å². The highest BCUT2D eigenvalue weighted by molar-refractivity contribution is 5.99. The minimum atomic E-state index is -0.610. The van der Waals surface area contributed by atoms with Gasteiger partial charge in [0.25, 0.3) is 5.91 Å². The molecule has 2 heterocycles. The van der Waals surface area contributed by atoms with E-state index in [0.717, 1.165) is 6.42 Å². The molecule has 1 aromatic heterocycles. The number of imidazole rings is 1. The zero-order chi connectivity index (χ0) is 18.7. The number of carbonyl (C=O) groups excluding carboxylic acids is 2. The first-order chi connectivity index (χ1) is 12.5. The number of nitriles is 1. The van der Waals surface area contributed by atoms with Crippen molar-refractivity contribution in [2.24, 2.45) is 0 Å². The van der Waals surface area contributed by atoms with E-state index in [9.17, 15) is 14.9 Å². The van der Waals surface area contributed by atoms with Crippen molar-refractivity contribution in [2.45, 2.75) is 19.3 Å². The molecular formula is C19H21N5O2. The molecule has 7 nitrogen and oxygen atoms in total. The minimum absolute atomic E-state index is 0.0715. The number of rotatable bonds is 6. The van der Waals surface area contributed by atoms with Gasteiger partial charge in [-0.25, -0.2) is 4.98 Å². The lowest BCUT2D eigenvalue weighted by Crippen LogP contribution is -2.37. The van der Waals surface area contributed by atoms with Crippen LogP contribution in [0.5, 0.6) is 0 Å². The van der Waals surface area contributed by atoms with Gasteiger partial charge in [0.15, 0.2) is 0 Å². The van der Waals surface area contributed by atoms with E-state index < -0.39 is 5.92 Å². The first-order valence-electron chi connectivity index (χ1n) is 8.62. The topological polar surface area (TPSA) is 91.0 Å². The van der Waals surface area contributed by atoms with Crippen LogP contribution < -0.4 is 5.32 Å². The van der Waals surface area contributed by atoms with Crippen molar-refractivity contribution in [3.05, 3.63) is 41.7 Å². The molecule has 0 saturated heterocycles. The summed E-state index contributed by atoms with van der Waals surface area (Å²) in [6.45, 7) is 3.19. The number of aromatic nitrogens is 2. The van der Waals surface area contributed by atoms with Crippen LogP contribution in [0.4, 0.5) is 0 Å². The molecule has 1 aromatic carbocycles. The fraction of sp³-hybridized carbons (Fsp3) is 0.368. The molecule has 1 unspecified atom stereocenters. The van der Waals surface area contributed by atoms with Crippen molar-refractivity contribution >= 4 is 22.8 Å². The maximum absolute atomic E-state index is 12.6. The number of nitrogens with one attached hydrogen (secondary N) is 1. The predicted molar refractivity (Wildman–Crippen MR) is 97.6 cm³/mol. The molecule has 1 N–H and O–H groups in total. The molecule has 0 spiro atoms. The van der Waals surface area contributed by atoms with Gasteiger partial charge < -0.3 is 5.32 Å². The fourth-order valence-electron chi connectivity index (χ4n) is 3.15. The summed E-state index contributed by atoms with van der Waals surface area (Å²) in [4.78, 5) is 30.8. The van der Waals surface area contributed by atoms with Crippen molar-refractivity contribution in [1.29, 1.82) is 5.26 Å². The SMILES string of the molecule is CCCNC(=O)CN(C)CC1=CC(=O)n2c(nc3ccccc32)C1C#N. The van der Waals surface area contributed by atoms with E-state index in [1.54, 1.807) is 11.9 Å². The van der Waals surface area contributed by atoms with Crippen LogP contribution in [0.25, 0.3) is 11.0 Å². The Morgan fingerprint density at radius 3 is 2.92 bits per heavy atom. The van der Waals surface area contributed by atoms with Crippen LogP contribution in [-0.4, -0.2) is 52.9 Å². The number of fused-ring (bicyclic) bond motifs is 3. The molecule has 1 atom stereocenters. The summed E-state index contributed by atoms with van der Waals surface area (Å²) < 4.78 is 1.50. The van der Waals surface area contributed by atoms with Crippen LogP contribution in [0.1, 0.15) is 29.9 Å². The number of likely N-dealkylation sites (N-methyl/N-ethyl adjacent to an activating group) is 1. The molecule has 3 rings (SSSR count). The Bertz CT molecular complexity index is 922. The molecule has 26 heavy (non-hydrogen) atoms. The molecular weight excluding hydrogens is 330 g/mol. The maximum Gasteiger partial charge on any atom is 0.256 e. The highest BCUT2D eigenvalue weighted by atomic mass is 16.2. The van der Waals surface area contributed by atoms with Gasteiger partial charge in [-0.15, -0.1) is 0 Å². The van der Waals surface area contributed by atoms with E-state index >= 15 is 0 Å². The van der Waals surface area contributed by atoms with Gasteiger partial charge in [-0.1, -0.05) is 19.1 Å². The summed E-state index contributed by atoms with van der Waals surface area (Å²) in [7, 11) is 1.79. The van der Waals surface area contributed by atoms with Crippen molar-refractivity contribution in [3.8, 4) is 6.07 Å². The molecule has 1 aliphatic heterocycles. The summed E-state index contributed by atoms with van der Waals surface area (Å²) in [5, 5.41) is 12.5. The van der Waals surface area contributed by atoms with Gasteiger partial charge in [-0.05, 0) is 31.2 Å². The second kappa shape index (κ2) is 7.50. The average Bonchev–Trinajstić information content (AvgIpc) is 3.00. The quantitative estimate of drug-likeness (QED) is 0.855. The van der Waals surface area contributed by atoms with Crippen LogP contribution in [0, 0.1) is 11.3 Å². The van der Waals surface area contributed by atoms with E-state index in [2.05, 4.69) is 16.4 Å². The second-order valence-corrected chi connectivity index (χ2v) is 6.44. The maximum atomic E-state index is 12.6. The van der Waals surface area contributed by atoms with Crippen LogP contribution >= 0.6 is 0 Å². The Balaban J connectivity index is 1.82. The van der Waals surface area contributed by atoms with Gasteiger partial charge in [-0.3, -0.25) is 19.1 Å². The van der Waals surface area contributed by atoms with E-state index in [0.29, 0.717) is 35.5 Å². The van der Waals surface area contributed by atoms with Crippen LogP contribution in [-0.2, 0) is 4.79 Å². The van der Waals surface area contributed by atoms with Gasteiger partial charge in [-0.2, -0.15) is 5.26 Å². The van der Waals surface area contributed by atoms with E-state index in [1.807, 2.05) is 31.2 Å². The van der Waals surface area contributed by atoms with E-state index in [1.165, 1.54) is 10.6 Å². The molecule has 0 bridgehead atoms. The Morgan fingerprint density at radius 1 is 1.42 bits per heavy atom. The molecule has 134 valence electrons. The van der Waals surface area contributed by atoms with Crippen LogP contribution in [0.15, 0.2) is 35.9 Å². The third kappa shape index (κ3) is 3.37. The zero-order valence-electron chi connectivity index (χ0n) is 14.9. The second-order valence-electron chi connectivity index (χ2n) is 6.44. The van der Waals surface area contributed by atoms with E-state index in [-0.39, 0.29) is 18.4 Å². The molecule has 0 radical (unpaired) electrons. The molecule has 0 aliphatic carbocycles. The summed E-state index contributed by atoms with van der Waals surface area (Å²) in [5.41, 5.74) is 2.06. The van der Waals surface area contributed by atoms with Crippen molar-refractivity contribution in [2.75, 3.05) is 26.7 Å². The summed E-state index contributed by atoms with van der Waals surface area (Å²) >= 11 is 0. The number of carbonyl (C=O) groups is 2. The smallest absolute Gasteiger partial charge is 0.256 e. The lowest BCUT2D eigenvalue weighted by Gasteiger charge is -2.24. The summed E-state index contributed by atoms with van der Waals surface area (Å²) in [5.74, 6) is -0.446. The zero-order valence-corrected chi connectivity index (χ0v) is 14.9. The normalized spacial score (nSPS) is 16.3. The molecule has 0 saturated carbocycles. The van der Waals surface area contributed by atoms with Crippen LogP contribution in [0.2, 0.25) is 0 Å². The number of para-hydroxylation sites is 2. The van der Waals surface area contributed by atoms with Gasteiger partial charge in [0, 0.05) is 19.2 Å². The number of nitrogens with zero attached hydrogens (tertiary/aromatic N) is 4. The number of amides is 1. The number of benzene rings is 1. The van der Waals surface area contributed by atoms with Crippen molar-refractivity contribution < 1.29 is 9.59 Å². The molecule has 7 heteroatoms. The Labute approximate surface area is 151 Å². The molecule has 2 aromatic rings. The van der Waals surface area contributed by atoms with Gasteiger partial charge in [0.2, 0.25) is 5.91 Å². The Hall–Kier alpha value is -2.98. The lowest BCUT2D eigenvalue weighted by molar-refractivity contribution is -0.121. The largest absolute Gasteiger partial charge is 0.355 e. The van der Waals surface area contributed by atoms with Crippen LogP contribution in [0.3, 0.4) is 0 Å². The molecule has 1 aliphatic rings. The minimum Gasteiger partial charge on any atom is -0.355 e. The van der Waals surface area contributed by atoms with Gasteiger partial charge in [0.1, 0.15) is 11.7 Å². The summed E-state index contributed by atoms with van der Waals surface area (Å²) in [6.07, 6.45) is 2.37. The number of allylic oxidation sites excluding steroid dienone is 1. The Kier molecular flexibility index (Phi) is 5.14. The first kappa shape index (κ1) is 17.8. The standard InChI is InChI=1S/C19H21N5O2/c1-3-8-21-17(25)12-23(2)11-13-9-18(26)24-16-7-5-4-6-15(16)22-19(24)14(13)10-20/h4-7,9,14H,3,8,11-12H2,1-2H3,(H,21,25). The third-order valence-electron chi connectivity index (χ3n) is 4.31. The van der Waals surface area contributed by atoms with Gasteiger partial charge >= 0.3 is 0 Å². The fourth-order valence-corrected chi connectivity index (χ4v) is 3.15.